The number of hydrogen-bond acceptors (Lipinski definition) is 2. The lowest BCUT2D eigenvalue weighted by Crippen LogP contribution is -2.23. The van der Waals surface area contributed by atoms with E-state index in [0.29, 0.717) is 0 Å². The van der Waals surface area contributed by atoms with Gasteiger partial charge in [-0.2, -0.15) is 0 Å². The van der Waals surface area contributed by atoms with Gasteiger partial charge in [0.05, 0.1) is 6.04 Å². The maximum atomic E-state index is 5.79. The van der Waals surface area contributed by atoms with Crippen molar-refractivity contribution in [1.82, 2.24) is 5.32 Å². The van der Waals surface area contributed by atoms with Crippen molar-refractivity contribution in [2.45, 2.75) is 26.3 Å². The van der Waals surface area contributed by atoms with E-state index >= 15 is 0 Å². The fourth-order valence-corrected chi connectivity index (χ4v) is 2.67. The Morgan fingerprint density at radius 3 is 2.61 bits per heavy atom. The summed E-state index contributed by atoms with van der Waals surface area (Å²) >= 11 is 2.38. The summed E-state index contributed by atoms with van der Waals surface area (Å²) in [6.07, 6.45) is 1.11. The normalized spacial score (nSPS) is 12.6. The number of furan rings is 1. The fraction of sp³-hybridized carbons (Fsp3) is 0.333. The van der Waals surface area contributed by atoms with E-state index in [-0.39, 0.29) is 6.04 Å². The number of hydrogen-bond donors (Lipinski definition) is 1. The van der Waals surface area contributed by atoms with E-state index in [4.69, 9.17) is 4.42 Å². The van der Waals surface area contributed by atoms with Crippen LogP contribution in [0.25, 0.3) is 0 Å². The van der Waals surface area contributed by atoms with Gasteiger partial charge in [0, 0.05) is 3.57 Å². The number of benzene rings is 1. The van der Waals surface area contributed by atoms with Gasteiger partial charge in [0.15, 0.2) is 0 Å². The van der Waals surface area contributed by atoms with Crippen molar-refractivity contribution < 1.29 is 4.42 Å². The molecule has 0 aliphatic carbocycles. The molecule has 96 valence electrons. The van der Waals surface area contributed by atoms with Gasteiger partial charge in [-0.15, -0.1) is 0 Å². The topological polar surface area (TPSA) is 25.2 Å². The Bertz CT molecular complexity index is 507. The summed E-state index contributed by atoms with van der Waals surface area (Å²) in [7, 11) is 0. The number of nitrogens with one attached hydrogen (secondary N) is 1. The van der Waals surface area contributed by atoms with Gasteiger partial charge in [-0.25, -0.2) is 0 Å². The largest absolute Gasteiger partial charge is 0.464 e. The number of halogens is 1. The molecule has 0 amide bonds. The Hall–Kier alpha value is -0.810. The third-order valence-corrected chi connectivity index (χ3v) is 3.84. The van der Waals surface area contributed by atoms with E-state index in [1.54, 1.807) is 0 Å². The van der Waals surface area contributed by atoms with E-state index in [2.05, 4.69) is 65.2 Å². The molecule has 1 N–H and O–H groups in total. The highest BCUT2D eigenvalue weighted by Crippen LogP contribution is 2.27. The average Bonchev–Trinajstić information content (AvgIpc) is 2.78. The standard InChI is InChI=1S/C15H18INO/c1-3-10-17-15(14-9-8-11(2)18-14)12-6-4-5-7-13(12)16/h4-9,15,17H,3,10H2,1-2H3. The predicted molar refractivity (Wildman–Crippen MR) is 82.7 cm³/mol. The lowest BCUT2D eigenvalue weighted by Gasteiger charge is -2.18. The highest BCUT2D eigenvalue weighted by Gasteiger charge is 2.18. The zero-order valence-corrected chi connectivity index (χ0v) is 12.9. The van der Waals surface area contributed by atoms with Crippen LogP contribution in [0.4, 0.5) is 0 Å². The molecule has 1 aromatic carbocycles. The molecule has 1 aromatic heterocycles. The highest BCUT2D eigenvalue weighted by atomic mass is 127. The van der Waals surface area contributed by atoms with Crippen LogP contribution in [0.2, 0.25) is 0 Å². The summed E-state index contributed by atoms with van der Waals surface area (Å²) in [5.74, 6) is 1.95. The van der Waals surface area contributed by atoms with Gasteiger partial charge >= 0.3 is 0 Å². The Morgan fingerprint density at radius 2 is 2.00 bits per heavy atom. The summed E-state index contributed by atoms with van der Waals surface area (Å²) in [4.78, 5) is 0. The molecule has 3 heteroatoms. The van der Waals surface area contributed by atoms with E-state index in [0.717, 1.165) is 24.5 Å². The van der Waals surface area contributed by atoms with Crippen molar-refractivity contribution in [2.24, 2.45) is 0 Å². The summed E-state index contributed by atoms with van der Waals surface area (Å²) in [6, 6.07) is 12.7. The van der Waals surface area contributed by atoms with Crippen molar-refractivity contribution in [1.29, 1.82) is 0 Å². The third-order valence-electron chi connectivity index (χ3n) is 2.86. The fourth-order valence-electron chi connectivity index (χ4n) is 1.97. The molecule has 1 heterocycles. The van der Waals surface area contributed by atoms with Crippen LogP contribution >= 0.6 is 22.6 Å². The summed E-state index contributed by atoms with van der Waals surface area (Å²) in [5, 5.41) is 3.56. The van der Waals surface area contributed by atoms with E-state index in [1.165, 1.54) is 9.13 Å². The minimum atomic E-state index is 0.145. The van der Waals surface area contributed by atoms with Crippen LogP contribution in [0.5, 0.6) is 0 Å². The molecule has 1 atom stereocenters. The average molecular weight is 355 g/mol. The zero-order chi connectivity index (χ0) is 13.0. The molecule has 1 unspecified atom stereocenters. The first-order valence-electron chi connectivity index (χ1n) is 6.26. The van der Waals surface area contributed by atoms with Crippen LogP contribution in [0, 0.1) is 10.5 Å². The van der Waals surface area contributed by atoms with Gasteiger partial charge in [0.2, 0.25) is 0 Å². The zero-order valence-electron chi connectivity index (χ0n) is 10.7. The highest BCUT2D eigenvalue weighted by molar-refractivity contribution is 14.1. The first kappa shape index (κ1) is 13.6. The monoisotopic (exact) mass is 355 g/mol. The Kier molecular flexibility index (Phi) is 4.83. The first-order chi connectivity index (χ1) is 8.72. The van der Waals surface area contributed by atoms with Crippen LogP contribution in [-0.2, 0) is 0 Å². The molecular weight excluding hydrogens is 337 g/mol. The van der Waals surface area contributed by atoms with Crippen molar-refractivity contribution in [3.05, 3.63) is 57.1 Å². The Labute approximate surface area is 122 Å². The first-order valence-corrected chi connectivity index (χ1v) is 7.34. The van der Waals surface area contributed by atoms with Gasteiger partial charge in [-0.3, -0.25) is 0 Å². The van der Waals surface area contributed by atoms with Crippen LogP contribution in [0.3, 0.4) is 0 Å². The van der Waals surface area contributed by atoms with Crippen LogP contribution in [-0.4, -0.2) is 6.54 Å². The molecule has 0 saturated heterocycles. The minimum Gasteiger partial charge on any atom is -0.464 e. The van der Waals surface area contributed by atoms with Crippen molar-refractivity contribution in [3.63, 3.8) is 0 Å². The lowest BCUT2D eigenvalue weighted by molar-refractivity contribution is 0.430. The van der Waals surface area contributed by atoms with Crippen LogP contribution < -0.4 is 5.32 Å². The molecule has 2 nitrogen and oxygen atoms in total. The molecule has 0 bridgehead atoms. The second-order valence-electron chi connectivity index (χ2n) is 4.36. The molecule has 18 heavy (non-hydrogen) atoms. The van der Waals surface area contributed by atoms with Crippen LogP contribution in [0.1, 0.15) is 36.5 Å². The molecule has 0 fully saturated rings. The SMILES string of the molecule is CCCNC(c1ccc(C)o1)c1ccccc1I. The molecular formula is C15H18INO. The third kappa shape index (κ3) is 3.14. The second-order valence-corrected chi connectivity index (χ2v) is 5.52. The van der Waals surface area contributed by atoms with Gasteiger partial charge in [-0.05, 0) is 66.2 Å². The Morgan fingerprint density at radius 1 is 1.22 bits per heavy atom. The van der Waals surface area contributed by atoms with Crippen molar-refractivity contribution in [2.75, 3.05) is 6.54 Å². The predicted octanol–water partition coefficient (Wildman–Crippen LogP) is 4.28. The lowest BCUT2D eigenvalue weighted by atomic mass is 10.0. The minimum absolute atomic E-state index is 0.145. The molecule has 2 aromatic rings. The van der Waals surface area contributed by atoms with E-state index in [1.807, 2.05) is 13.0 Å². The Balaban J connectivity index is 2.33. The maximum absolute atomic E-state index is 5.79. The molecule has 0 aliphatic rings. The maximum Gasteiger partial charge on any atom is 0.125 e. The number of aryl methyl sites for hydroxylation is 1. The van der Waals surface area contributed by atoms with Crippen molar-refractivity contribution in [3.8, 4) is 0 Å². The molecule has 0 radical (unpaired) electrons. The van der Waals surface area contributed by atoms with E-state index < -0.39 is 0 Å². The number of rotatable bonds is 5. The van der Waals surface area contributed by atoms with Gasteiger partial charge in [0.1, 0.15) is 11.5 Å². The summed E-state index contributed by atoms with van der Waals surface area (Å²) < 4.78 is 7.05. The van der Waals surface area contributed by atoms with Gasteiger partial charge < -0.3 is 9.73 Å². The van der Waals surface area contributed by atoms with E-state index in [9.17, 15) is 0 Å². The van der Waals surface area contributed by atoms with Gasteiger partial charge in [-0.1, -0.05) is 25.1 Å². The summed E-state index contributed by atoms with van der Waals surface area (Å²) in [5.41, 5.74) is 1.28. The van der Waals surface area contributed by atoms with Gasteiger partial charge in [0.25, 0.3) is 0 Å². The quantitative estimate of drug-likeness (QED) is 0.810. The second kappa shape index (κ2) is 6.38. The molecule has 0 spiro atoms. The smallest absolute Gasteiger partial charge is 0.125 e. The molecule has 0 saturated carbocycles. The summed E-state index contributed by atoms with van der Waals surface area (Å²) in [6.45, 7) is 5.14. The van der Waals surface area contributed by atoms with Crippen molar-refractivity contribution >= 4 is 22.6 Å². The molecule has 0 aliphatic heterocycles. The molecule has 2 rings (SSSR count). The van der Waals surface area contributed by atoms with Crippen LogP contribution in [0.15, 0.2) is 40.8 Å².